The smallest absolute Gasteiger partial charge is 0.239 e. The van der Waals surface area contributed by atoms with E-state index >= 15 is 0 Å². The van der Waals surface area contributed by atoms with E-state index in [4.69, 9.17) is 4.99 Å². The molecule has 0 fully saturated rings. The summed E-state index contributed by atoms with van der Waals surface area (Å²) in [4.78, 5) is 20.8. The Morgan fingerprint density at radius 2 is 1.82 bits per heavy atom. The van der Waals surface area contributed by atoms with E-state index < -0.39 is 0 Å². The van der Waals surface area contributed by atoms with Crippen molar-refractivity contribution in [1.29, 1.82) is 0 Å². The molecule has 2 aromatic carbocycles. The molecule has 33 heavy (non-hydrogen) atoms. The predicted molar refractivity (Wildman–Crippen MR) is 132 cm³/mol. The molecular formula is C25H33N7O. The lowest BCUT2D eigenvalue weighted by Gasteiger charge is -2.21. The van der Waals surface area contributed by atoms with E-state index in [1.807, 2.05) is 39.8 Å². The van der Waals surface area contributed by atoms with Crippen LogP contribution in [0.4, 0.5) is 0 Å². The second-order valence-electron chi connectivity index (χ2n) is 8.79. The van der Waals surface area contributed by atoms with Crippen molar-refractivity contribution in [2.24, 2.45) is 4.99 Å². The standard InChI is InChI=1S/C25H33N7O/c1-5-27-24(29-15-23(33)31-25(2,3)4)28-14-21-8-6-7-9-22(21)20-12-10-19(11-13-20)16-32-18-26-17-30-32/h6-13,17-18H,5,14-16H2,1-4H3,(H,31,33)(H2,27,28,29). The number of nitrogens with zero attached hydrogens (tertiary/aromatic N) is 4. The van der Waals surface area contributed by atoms with Gasteiger partial charge < -0.3 is 16.0 Å². The second-order valence-corrected chi connectivity index (χ2v) is 8.79. The molecule has 174 valence electrons. The third kappa shape index (κ3) is 7.75. The van der Waals surface area contributed by atoms with Crippen LogP contribution in [0.2, 0.25) is 0 Å². The van der Waals surface area contributed by atoms with E-state index in [0.29, 0.717) is 25.6 Å². The number of benzene rings is 2. The van der Waals surface area contributed by atoms with Gasteiger partial charge in [-0.1, -0.05) is 48.5 Å². The fraction of sp³-hybridized carbons (Fsp3) is 0.360. The highest BCUT2D eigenvalue weighted by atomic mass is 16.2. The number of aromatic nitrogens is 3. The molecule has 0 saturated carbocycles. The molecule has 8 heteroatoms. The third-order valence-corrected chi connectivity index (χ3v) is 4.78. The van der Waals surface area contributed by atoms with Gasteiger partial charge in [0, 0.05) is 12.1 Å². The summed E-state index contributed by atoms with van der Waals surface area (Å²) in [6.45, 7) is 9.94. The van der Waals surface area contributed by atoms with Gasteiger partial charge in [0.15, 0.2) is 5.96 Å². The highest BCUT2D eigenvalue weighted by Crippen LogP contribution is 2.25. The van der Waals surface area contributed by atoms with Crippen LogP contribution in [0.15, 0.2) is 66.2 Å². The lowest BCUT2D eigenvalue weighted by atomic mass is 9.98. The Bertz CT molecular complexity index is 1050. The minimum Gasteiger partial charge on any atom is -0.357 e. The van der Waals surface area contributed by atoms with Crippen LogP contribution in [-0.2, 0) is 17.9 Å². The first-order valence-corrected chi connectivity index (χ1v) is 11.2. The molecule has 0 unspecified atom stereocenters. The van der Waals surface area contributed by atoms with Crippen molar-refractivity contribution in [3.63, 3.8) is 0 Å². The van der Waals surface area contributed by atoms with Crippen molar-refractivity contribution in [2.75, 3.05) is 13.1 Å². The summed E-state index contributed by atoms with van der Waals surface area (Å²) >= 11 is 0. The van der Waals surface area contributed by atoms with Crippen molar-refractivity contribution in [1.82, 2.24) is 30.7 Å². The minimum absolute atomic E-state index is 0.0699. The van der Waals surface area contributed by atoms with E-state index in [0.717, 1.165) is 22.3 Å². The number of hydrogen-bond acceptors (Lipinski definition) is 4. The van der Waals surface area contributed by atoms with Gasteiger partial charge in [-0.25, -0.2) is 14.7 Å². The zero-order chi connectivity index (χ0) is 23.7. The van der Waals surface area contributed by atoms with E-state index in [1.54, 1.807) is 17.3 Å². The van der Waals surface area contributed by atoms with Crippen LogP contribution in [0.25, 0.3) is 11.1 Å². The van der Waals surface area contributed by atoms with E-state index in [1.165, 1.54) is 0 Å². The zero-order valence-corrected chi connectivity index (χ0v) is 19.8. The molecule has 0 aliphatic heterocycles. The van der Waals surface area contributed by atoms with Gasteiger partial charge in [-0.05, 0) is 49.9 Å². The van der Waals surface area contributed by atoms with Crippen LogP contribution in [0.1, 0.15) is 38.8 Å². The third-order valence-electron chi connectivity index (χ3n) is 4.78. The summed E-state index contributed by atoms with van der Waals surface area (Å²) < 4.78 is 1.80. The van der Waals surface area contributed by atoms with Gasteiger partial charge in [-0.2, -0.15) is 5.10 Å². The molecule has 0 radical (unpaired) electrons. The predicted octanol–water partition coefficient (Wildman–Crippen LogP) is 2.96. The first kappa shape index (κ1) is 24.0. The summed E-state index contributed by atoms with van der Waals surface area (Å²) in [5, 5.41) is 13.4. The maximum absolute atomic E-state index is 12.1. The van der Waals surface area contributed by atoms with Crippen LogP contribution in [0.3, 0.4) is 0 Å². The Kier molecular flexibility index (Phi) is 8.18. The van der Waals surface area contributed by atoms with Crippen molar-refractivity contribution in [2.45, 2.75) is 46.3 Å². The number of amides is 1. The van der Waals surface area contributed by atoms with Crippen LogP contribution in [0.5, 0.6) is 0 Å². The molecular weight excluding hydrogens is 414 g/mol. The summed E-state index contributed by atoms with van der Waals surface area (Å²) in [5.41, 5.74) is 4.27. The number of carbonyl (C=O) groups excluding carboxylic acids is 1. The first-order valence-electron chi connectivity index (χ1n) is 11.2. The van der Waals surface area contributed by atoms with Crippen LogP contribution in [-0.4, -0.2) is 45.3 Å². The molecule has 1 amide bonds. The molecule has 3 rings (SSSR count). The highest BCUT2D eigenvalue weighted by Gasteiger charge is 2.13. The van der Waals surface area contributed by atoms with Gasteiger partial charge in [0.1, 0.15) is 12.7 Å². The molecule has 0 aliphatic carbocycles. The molecule has 1 heterocycles. The van der Waals surface area contributed by atoms with Crippen LogP contribution in [0, 0.1) is 0 Å². The lowest BCUT2D eigenvalue weighted by Crippen LogP contribution is -2.48. The quantitative estimate of drug-likeness (QED) is 0.364. The van der Waals surface area contributed by atoms with Crippen molar-refractivity contribution >= 4 is 11.9 Å². The number of nitrogens with one attached hydrogen (secondary N) is 3. The number of guanidine groups is 1. The van der Waals surface area contributed by atoms with Crippen LogP contribution < -0.4 is 16.0 Å². The average molecular weight is 448 g/mol. The fourth-order valence-corrected chi connectivity index (χ4v) is 3.36. The normalized spacial score (nSPS) is 11.8. The molecule has 8 nitrogen and oxygen atoms in total. The maximum atomic E-state index is 12.1. The van der Waals surface area contributed by atoms with Gasteiger partial charge in [0.2, 0.25) is 5.91 Å². The maximum Gasteiger partial charge on any atom is 0.239 e. The Balaban J connectivity index is 1.69. The van der Waals surface area contributed by atoms with Gasteiger partial charge >= 0.3 is 0 Å². The molecule has 0 saturated heterocycles. The molecule has 1 aromatic heterocycles. The topological polar surface area (TPSA) is 96.2 Å². The summed E-state index contributed by atoms with van der Waals surface area (Å²) in [5.74, 6) is 0.541. The van der Waals surface area contributed by atoms with Crippen molar-refractivity contribution in [3.8, 4) is 11.1 Å². The van der Waals surface area contributed by atoms with E-state index in [-0.39, 0.29) is 18.0 Å². The average Bonchev–Trinajstić information content (AvgIpc) is 3.28. The minimum atomic E-state index is -0.266. The number of aliphatic imine (C=N–C) groups is 1. The summed E-state index contributed by atoms with van der Waals surface area (Å²) in [7, 11) is 0. The van der Waals surface area contributed by atoms with Crippen LogP contribution >= 0.6 is 0 Å². The molecule has 3 aromatic rings. The monoisotopic (exact) mass is 447 g/mol. The first-order chi connectivity index (χ1) is 15.8. The summed E-state index contributed by atoms with van der Waals surface area (Å²) in [6, 6.07) is 16.7. The molecule has 0 bridgehead atoms. The Hall–Kier alpha value is -3.68. The number of hydrogen-bond donors (Lipinski definition) is 3. The van der Waals surface area contributed by atoms with Gasteiger partial charge in [-0.3, -0.25) is 4.79 Å². The van der Waals surface area contributed by atoms with E-state index in [9.17, 15) is 4.79 Å². The van der Waals surface area contributed by atoms with Gasteiger partial charge in [-0.15, -0.1) is 0 Å². The van der Waals surface area contributed by atoms with Gasteiger partial charge in [0.25, 0.3) is 0 Å². The largest absolute Gasteiger partial charge is 0.357 e. The van der Waals surface area contributed by atoms with Crippen molar-refractivity contribution in [3.05, 3.63) is 72.3 Å². The summed E-state index contributed by atoms with van der Waals surface area (Å²) in [6.07, 6.45) is 3.25. The highest BCUT2D eigenvalue weighted by molar-refractivity contribution is 5.86. The van der Waals surface area contributed by atoms with Gasteiger partial charge in [0.05, 0.1) is 19.6 Å². The zero-order valence-electron chi connectivity index (χ0n) is 19.8. The fourth-order valence-electron chi connectivity index (χ4n) is 3.36. The Morgan fingerprint density at radius 3 is 2.48 bits per heavy atom. The number of rotatable bonds is 8. The Labute approximate surface area is 195 Å². The second kappa shape index (κ2) is 11.3. The number of carbonyl (C=O) groups is 1. The molecule has 0 atom stereocenters. The molecule has 3 N–H and O–H groups in total. The SMILES string of the molecule is CCNC(=NCc1ccccc1-c1ccc(Cn2cncn2)cc1)NCC(=O)NC(C)(C)C. The Morgan fingerprint density at radius 1 is 1.06 bits per heavy atom. The molecule has 0 spiro atoms. The lowest BCUT2D eigenvalue weighted by molar-refractivity contribution is -0.121. The molecule has 0 aliphatic rings. The van der Waals surface area contributed by atoms with E-state index in [2.05, 4.69) is 62.4 Å². The van der Waals surface area contributed by atoms with Crippen molar-refractivity contribution < 1.29 is 4.79 Å².